The molecule has 0 radical (unpaired) electrons. The number of ether oxygens (including phenoxy) is 2. The summed E-state index contributed by atoms with van der Waals surface area (Å²) in [5, 5.41) is 7.95. The van der Waals surface area contributed by atoms with Crippen molar-refractivity contribution < 1.29 is 9.47 Å². The van der Waals surface area contributed by atoms with Gasteiger partial charge in [0.05, 0.1) is 24.7 Å². The first-order valence-corrected chi connectivity index (χ1v) is 10.6. The SMILES string of the molecule is COc1nn2cc(-c3ccccc3OCc3csc(-c4ccccc4)n3)nc2s1. The van der Waals surface area contributed by atoms with E-state index in [4.69, 9.17) is 14.5 Å². The number of aromatic nitrogens is 4. The average Bonchev–Trinajstić information content (AvgIpc) is 3.48. The third kappa shape index (κ3) is 3.59. The van der Waals surface area contributed by atoms with Gasteiger partial charge in [-0.15, -0.1) is 16.4 Å². The summed E-state index contributed by atoms with van der Waals surface area (Å²) >= 11 is 3.02. The molecule has 3 aromatic heterocycles. The van der Waals surface area contributed by atoms with Crippen LogP contribution in [0.1, 0.15) is 5.69 Å². The van der Waals surface area contributed by atoms with Crippen molar-refractivity contribution in [3.63, 3.8) is 0 Å². The zero-order valence-electron chi connectivity index (χ0n) is 15.5. The van der Waals surface area contributed by atoms with Gasteiger partial charge in [0.25, 0.3) is 5.19 Å². The van der Waals surface area contributed by atoms with Crippen LogP contribution in [0.15, 0.2) is 66.2 Å². The number of hydrogen-bond acceptors (Lipinski definition) is 7. The van der Waals surface area contributed by atoms with Crippen LogP contribution in [0.3, 0.4) is 0 Å². The molecule has 0 spiro atoms. The minimum absolute atomic E-state index is 0.397. The minimum Gasteiger partial charge on any atom is -0.487 e. The van der Waals surface area contributed by atoms with Crippen molar-refractivity contribution in [3.8, 4) is 32.8 Å². The first-order valence-electron chi connectivity index (χ1n) is 8.92. The lowest BCUT2D eigenvalue weighted by Crippen LogP contribution is -1.97. The number of imidazole rings is 1. The van der Waals surface area contributed by atoms with Crippen molar-refractivity contribution in [1.29, 1.82) is 0 Å². The molecule has 3 heterocycles. The van der Waals surface area contributed by atoms with Gasteiger partial charge in [0.15, 0.2) is 0 Å². The maximum atomic E-state index is 6.10. The van der Waals surface area contributed by atoms with Gasteiger partial charge in [0.1, 0.15) is 17.4 Å². The molecule has 0 N–H and O–H groups in total. The van der Waals surface area contributed by atoms with E-state index in [1.165, 1.54) is 11.3 Å². The van der Waals surface area contributed by atoms with Crippen LogP contribution in [0.4, 0.5) is 0 Å². The lowest BCUT2D eigenvalue weighted by atomic mass is 10.1. The maximum absolute atomic E-state index is 6.10. The molecule has 0 aliphatic rings. The molecule has 2 aromatic carbocycles. The van der Waals surface area contributed by atoms with Gasteiger partial charge < -0.3 is 9.47 Å². The molecule has 0 unspecified atom stereocenters. The van der Waals surface area contributed by atoms with Gasteiger partial charge >= 0.3 is 0 Å². The Kier molecular flexibility index (Phi) is 4.71. The molecule has 144 valence electrons. The third-order valence-electron chi connectivity index (χ3n) is 4.31. The quantitative estimate of drug-likeness (QED) is 0.379. The van der Waals surface area contributed by atoms with Crippen molar-refractivity contribution in [2.75, 3.05) is 7.11 Å². The molecule has 0 aliphatic heterocycles. The molecular formula is C21H16N4O2S2. The largest absolute Gasteiger partial charge is 0.487 e. The van der Waals surface area contributed by atoms with E-state index in [1.807, 2.05) is 54.0 Å². The predicted molar refractivity (Wildman–Crippen MR) is 115 cm³/mol. The first kappa shape index (κ1) is 17.8. The Morgan fingerprint density at radius 1 is 1.00 bits per heavy atom. The number of nitrogens with zero attached hydrogens (tertiary/aromatic N) is 4. The molecule has 0 amide bonds. The van der Waals surface area contributed by atoms with Crippen LogP contribution < -0.4 is 9.47 Å². The van der Waals surface area contributed by atoms with E-state index in [1.54, 1.807) is 23.0 Å². The lowest BCUT2D eigenvalue weighted by Gasteiger charge is -2.08. The summed E-state index contributed by atoms with van der Waals surface area (Å²) in [6, 6.07) is 18.0. The zero-order chi connectivity index (χ0) is 19.6. The van der Waals surface area contributed by atoms with E-state index in [9.17, 15) is 0 Å². The van der Waals surface area contributed by atoms with Gasteiger partial charge in [-0.2, -0.15) is 0 Å². The topological polar surface area (TPSA) is 61.5 Å². The molecule has 5 rings (SSSR count). The summed E-state index contributed by atoms with van der Waals surface area (Å²) in [5.74, 6) is 0.763. The van der Waals surface area contributed by atoms with E-state index in [2.05, 4.69) is 22.2 Å². The summed E-state index contributed by atoms with van der Waals surface area (Å²) in [6.07, 6.45) is 1.88. The first-order chi connectivity index (χ1) is 14.3. The van der Waals surface area contributed by atoms with Gasteiger partial charge in [-0.3, -0.25) is 0 Å². The van der Waals surface area contributed by atoms with Gasteiger partial charge in [-0.05, 0) is 23.5 Å². The Balaban J connectivity index is 1.37. The lowest BCUT2D eigenvalue weighted by molar-refractivity contribution is 0.303. The number of benzene rings is 2. The van der Waals surface area contributed by atoms with Gasteiger partial charge in [-0.25, -0.2) is 14.5 Å². The number of fused-ring (bicyclic) bond motifs is 1. The number of para-hydroxylation sites is 1. The Hall–Kier alpha value is -3.23. The molecule has 29 heavy (non-hydrogen) atoms. The zero-order valence-corrected chi connectivity index (χ0v) is 17.1. The molecule has 0 fully saturated rings. The highest BCUT2D eigenvalue weighted by Crippen LogP contribution is 2.32. The fourth-order valence-electron chi connectivity index (χ4n) is 2.94. The number of thiazole rings is 1. The number of methoxy groups -OCH3 is 1. The van der Waals surface area contributed by atoms with E-state index in [-0.39, 0.29) is 0 Å². The van der Waals surface area contributed by atoms with Crippen LogP contribution in [-0.2, 0) is 6.61 Å². The summed E-state index contributed by atoms with van der Waals surface area (Å²) in [4.78, 5) is 10.1. The fourth-order valence-corrected chi connectivity index (χ4v) is 4.45. The molecule has 8 heteroatoms. The van der Waals surface area contributed by atoms with Crippen LogP contribution in [-0.4, -0.2) is 26.7 Å². The van der Waals surface area contributed by atoms with Crippen LogP contribution in [0, 0.1) is 0 Å². The second-order valence-electron chi connectivity index (χ2n) is 6.22. The van der Waals surface area contributed by atoms with E-state index < -0.39 is 0 Å². The highest BCUT2D eigenvalue weighted by molar-refractivity contribution is 7.18. The molecule has 0 aliphatic carbocycles. The summed E-state index contributed by atoms with van der Waals surface area (Å²) in [6.45, 7) is 0.397. The predicted octanol–water partition coefficient (Wildman–Crippen LogP) is 5.17. The van der Waals surface area contributed by atoms with Crippen molar-refractivity contribution >= 4 is 27.6 Å². The minimum atomic E-state index is 0.397. The summed E-state index contributed by atoms with van der Waals surface area (Å²) < 4.78 is 13.0. The smallest absolute Gasteiger partial charge is 0.294 e. The molecule has 6 nitrogen and oxygen atoms in total. The van der Waals surface area contributed by atoms with Gasteiger partial charge in [0, 0.05) is 16.5 Å². The van der Waals surface area contributed by atoms with Gasteiger partial charge in [0.2, 0.25) is 4.96 Å². The number of rotatable bonds is 6. The van der Waals surface area contributed by atoms with E-state index in [0.29, 0.717) is 11.8 Å². The molecule has 0 atom stereocenters. The third-order valence-corrected chi connectivity index (χ3v) is 6.13. The van der Waals surface area contributed by atoms with Crippen molar-refractivity contribution in [2.24, 2.45) is 0 Å². The van der Waals surface area contributed by atoms with Crippen LogP contribution in [0.5, 0.6) is 10.9 Å². The molecule has 0 bridgehead atoms. The maximum Gasteiger partial charge on any atom is 0.294 e. The molecular weight excluding hydrogens is 404 g/mol. The summed E-state index contributed by atoms with van der Waals surface area (Å²) in [5.41, 5.74) is 3.75. The monoisotopic (exact) mass is 420 g/mol. The second-order valence-corrected chi connectivity index (χ2v) is 8.00. The normalized spacial score (nSPS) is 11.1. The Morgan fingerprint density at radius 3 is 2.66 bits per heavy atom. The average molecular weight is 421 g/mol. The van der Waals surface area contributed by atoms with Crippen LogP contribution in [0.2, 0.25) is 0 Å². The molecule has 5 aromatic rings. The Labute approximate surface area is 175 Å². The van der Waals surface area contributed by atoms with Crippen molar-refractivity contribution in [1.82, 2.24) is 19.6 Å². The highest BCUT2D eigenvalue weighted by atomic mass is 32.1. The van der Waals surface area contributed by atoms with Crippen LogP contribution in [0.25, 0.3) is 26.8 Å². The van der Waals surface area contributed by atoms with Crippen molar-refractivity contribution in [2.45, 2.75) is 6.61 Å². The van der Waals surface area contributed by atoms with Gasteiger partial charge in [-0.1, -0.05) is 42.5 Å². The van der Waals surface area contributed by atoms with Crippen molar-refractivity contribution in [3.05, 3.63) is 71.9 Å². The van der Waals surface area contributed by atoms with E-state index >= 15 is 0 Å². The molecule has 0 saturated heterocycles. The summed E-state index contributed by atoms with van der Waals surface area (Å²) in [7, 11) is 1.60. The Bertz CT molecular complexity index is 1230. The number of hydrogen-bond donors (Lipinski definition) is 0. The van der Waals surface area contributed by atoms with Crippen LogP contribution >= 0.6 is 22.7 Å². The molecule has 0 saturated carbocycles. The fraction of sp³-hybridized carbons (Fsp3) is 0.0952. The highest BCUT2D eigenvalue weighted by Gasteiger charge is 2.14. The Morgan fingerprint density at radius 2 is 1.83 bits per heavy atom. The standard InChI is InChI=1S/C21H16N4O2S2/c1-26-21-24-25-11-17(23-20(25)29-21)16-9-5-6-10-18(16)27-12-15-13-28-19(22-15)14-7-3-2-4-8-14/h2-11,13H,12H2,1H3. The second kappa shape index (κ2) is 7.65. The van der Waals surface area contributed by atoms with E-state index in [0.717, 1.165) is 38.2 Å².